The molecule has 0 aliphatic carbocycles. The highest BCUT2D eigenvalue weighted by Crippen LogP contribution is 2.23. The Labute approximate surface area is 152 Å². The standard InChI is InChI=1S/C19H21ClN2O3/c1-13(23)21-15-8-9-17(20)16(12-15)19(25)22(2)11-10-18(24)14-6-4-3-5-7-14/h3-9,12,18,24H,10-11H2,1-2H3,(H,21,23). The van der Waals surface area contributed by atoms with Crippen LogP contribution in [0.4, 0.5) is 5.69 Å². The lowest BCUT2D eigenvalue weighted by Crippen LogP contribution is -2.29. The first-order chi connectivity index (χ1) is 11.9. The highest BCUT2D eigenvalue weighted by atomic mass is 35.5. The summed E-state index contributed by atoms with van der Waals surface area (Å²) < 4.78 is 0. The molecule has 2 amide bonds. The van der Waals surface area contributed by atoms with Crippen LogP contribution in [0.25, 0.3) is 0 Å². The van der Waals surface area contributed by atoms with Gasteiger partial charge in [-0.3, -0.25) is 9.59 Å². The average Bonchev–Trinajstić information content (AvgIpc) is 2.60. The van der Waals surface area contributed by atoms with E-state index >= 15 is 0 Å². The Morgan fingerprint density at radius 2 is 1.88 bits per heavy atom. The van der Waals surface area contributed by atoms with Gasteiger partial charge in [-0.1, -0.05) is 41.9 Å². The maximum Gasteiger partial charge on any atom is 0.255 e. The SMILES string of the molecule is CC(=O)Nc1ccc(Cl)c(C(=O)N(C)CCC(O)c2ccccc2)c1. The predicted molar refractivity (Wildman–Crippen MR) is 98.7 cm³/mol. The van der Waals surface area contributed by atoms with E-state index in [0.29, 0.717) is 29.2 Å². The number of anilines is 1. The van der Waals surface area contributed by atoms with Gasteiger partial charge in [-0.25, -0.2) is 0 Å². The summed E-state index contributed by atoms with van der Waals surface area (Å²) in [4.78, 5) is 25.3. The molecule has 25 heavy (non-hydrogen) atoms. The molecule has 0 bridgehead atoms. The number of benzene rings is 2. The van der Waals surface area contributed by atoms with E-state index in [1.54, 1.807) is 25.2 Å². The van der Waals surface area contributed by atoms with Gasteiger partial charge in [0.1, 0.15) is 0 Å². The molecular weight excluding hydrogens is 340 g/mol. The van der Waals surface area contributed by atoms with Crippen molar-refractivity contribution in [2.24, 2.45) is 0 Å². The van der Waals surface area contributed by atoms with E-state index < -0.39 is 6.10 Å². The van der Waals surface area contributed by atoms with Gasteiger partial charge in [-0.05, 0) is 30.2 Å². The zero-order chi connectivity index (χ0) is 18.4. The summed E-state index contributed by atoms with van der Waals surface area (Å²) in [5.41, 5.74) is 1.64. The molecule has 1 unspecified atom stereocenters. The monoisotopic (exact) mass is 360 g/mol. The number of carbonyl (C=O) groups is 2. The van der Waals surface area contributed by atoms with Crippen LogP contribution in [0, 0.1) is 0 Å². The summed E-state index contributed by atoms with van der Waals surface area (Å²) in [6.07, 6.45) is -0.229. The lowest BCUT2D eigenvalue weighted by molar-refractivity contribution is -0.114. The van der Waals surface area contributed by atoms with Crippen molar-refractivity contribution in [1.29, 1.82) is 0 Å². The number of nitrogens with one attached hydrogen (secondary N) is 1. The van der Waals surface area contributed by atoms with Crippen molar-refractivity contribution in [3.05, 3.63) is 64.7 Å². The lowest BCUT2D eigenvalue weighted by atomic mass is 10.1. The van der Waals surface area contributed by atoms with Crippen LogP contribution in [0.1, 0.15) is 35.4 Å². The summed E-state index contributed by atoms with van der Waals surface area (Å²) in [7, 11) is 1.65. The van der Waals surface area contributed by atoms with Crippen LogP contribution in [0.2, 0.25) is 5.02 Å². The number of rotatable bonds is 6. The second-order valence-corrected chi connectivity index (χ2v) is 6.22. The van der Waals surface area contributed by atoms with E-state index in [4.69, 9.17) is 11.6 Å². The molecular formula is C19H21ClN2O3. The minimum atomic E-state index is -0.641. The minimum absolute atomic E-state index is 0.222. The molecule has 6 heteroatoms. The van der Waals surface area contributed by atoms with Crippen molar-refractivity contribution in [3.8, 4) is 0 Å². The Hall–Kier alpha value is -2.37. The molecule has 0 saturated carbocycles. The van der Waals surface area contributed by atoms with E-state index in [2.05, 4.69) is 5.32 Å². The number of carbonyl (C=O) groups excluding carboxylic acids is 2. The number of halogens is 1. The van der Waals surface area contributed by atoms with Gasteiger partial charge in [0.2, 0.25) is 5.91 Å². The molecule has 2 aromatic rings. The Morgan fingerprint density at radius 3 is 2.52 bits per heavy atom. The summed E-state index contributed by atoms with van der Waals surface area (Å²) in [5.74, 6) is -0.488. The first kappa shape index (κ1) is 19.0. The summed E-state index contributed by atoms with van der Waals surface area (Å²) in [6.45, 7) is 1.77. The fourth-order valence-electron chi connectivity index (χ4n) is 2.44. The number of aliphatic hydroxyl groups excluding tert-OH is 1. The van der Waals surface area contributed by atoms with E-state index in [9.17, 15) is 14.7 Å². The minimum Gasteiger partial charge on any atom is -0.388 e. The Balaban J connectivity index is 2.03. The molecule has 0 saturated heterocycles. The van der Waals surface area contributed by atoms with Gasteiger partial charge in [0.05, 0.1) is 16.7 Å². The normalized spacial score (nSPS) is 11.7. The molecule has 0 heterocycles. The Kier molecular flexibility index (Phi) is 6.56. The number of amides is 2. The first-order valence-electron chi connectivity index (χ1n) is 7.94. The van der Waals surface area contributed by atoms with Gasteiger partial charge in [0.15, 0.2) is 0 Å². The smallest absolute Gasteiger partial charge is 0.255 e. The molecule has 0 aliphatic heterocycles. The van der Waals surface area contributed by atoms with Gasteiger partial charge < -0.3 is 15.3 Å². The molecule has 2 N–H and O–H groups in total. The maximum atomic E-state index is 12.6. The van der Waals surface area contributed by atoms with Crippen LogP contribution in [0.5, 0.6) is 0 Å². The summed E-state index contributed by atoms with van der Waals surface area (Å²) in [6, 6.07) is 14.1. The van der Waals surface area contributed by atoms with E-state index in [-0.39, 0.29) is 11.8 Å². The topological polar surface area (TPSA) is 69.6 Å². The Morgan fingerprint density at radius 1 is 1.20 bits per heavy atom. The largest absolute Gasteiger partial charge is 0.388 e. The molecule has 0 aliphatic rings. The maximum absolute atomic E-state index is 12.6. The fraction of sp³-hybridized carbons (Fsp3) is 0.263. The fourth-order valence-corrected chi connectivity index (χ4v) is 2.63. The highest BCUT2D eigenvalue weighted by molar-refractivity contribution is 6.34. The highest BCUT2D eigenvalue weighted by Gasteiger charge is 2.17. The van der Waals surface area contributed by atoms with E-state index in [1.807, 2.05) is 30.3 Å². The van der Waals surface area contributed by atoms with Crippen LogP contribution in [-0.2, 0) is 4.79 Å². The van der Waals surface area contributed by atoms with Gasteiger partial charge in [-0.2, -0.15) is 0 Å². The van der Waals surface area contributed by atoms with Crippen LogP contribution in [0.15, 0.2) is 48.5 Å². The lowest BCUT2D eigenvalue weighted by Gasteiger charge is -2.20. The van der Waals surface area contributed by atoms with Crippen molar-refractivity contribution in [2.45, 2.75) is 19.4 Å². The third-order valence-corrected chi connectivity index (χ3v) is 4.12. The molecule has 2 aromatic carbocycles. The molecule has 0 aromatic heterocycles. The molecule has 0 radical (unpaired) electrons. The molecule has 0 spiro atoms. The third kappa shape index (κ3) is 5.31. The number of nitrogens with zero attached hydrogens (tertiary/aromatic N) is 1. The third-order valence-electron chi connectivity index (χ3n) is 3.79. The molecule has 2 rings (SSSR count). The summed E-state index contributed by atoms with van der Waals surface area (Å²) >= 11 is 6.12. The first-order valence-corrected chi connectivity index (χ1v) is 8.32. The van der Waals surface area contributed by atoms with Crippen LogP contribution < -0.4 is 5.32 Å². The second-order valence-electron chi connectivity index (χ2n) is 5.82. The second kappa shape index (κ2) is 8.65. The number of hydrogen-bond donors (Lipinski definition) is 2. The van der Waals surface area contributed by atoms with Crippen molar-refractivity contribution in [3.63, 3.8) is 0 Å². The quantitative estimate of drug-likeness (QED) is 0.828. The number of aliphatic hydroxyl groups is 1. The number of hydrogen-bond acceptors (Lipinski definition) is 3. The zero-order valence-corrected chi connectivity index (χ0v) is 15.0. The zero-order valence-electron chi connectivity index (χ0n) is 14.2. The van der Waals surface area contributed by atoms with Crippen molar-refractivity contribution >= 4 is 29.1 Å². The average molecular weight is 361 g/mol. The summed E-state index contributed by atoms with van der Waals surface area (Å²) in [5, 5.41) is 13.2. The van der Waals surface area contributed by atoms with Crippen LogP contribution in [-0.4, -0.2) is 35.4 Å². The van der Waals surface area contributed by atoms with Gasteiger partial charge >= 0.3 is 0 Å². The van der Waals surface area contributed by atoms with Gasteiger partial charge in [0.25, 0.3) is 5.91 Å². The molecule has 1 atom stereocenters. The van der Waals surface area contributed by atoms with Gasteiger partial charge in [0, 0.05) is 26.2 Å². The van der Waals surface area contributed by atoms with Crippen LogP contribution >= 0.6 is 11.6 Å². The molecule has 132 valence electrons. The van der Waals surface area contributed by atoms with Crippen molar-refractivity contribution in [1.82, 2.24) is 4.90 Å². The Bertz CT molecular complexity index is 750. The predicted octanol–water partition coefficient (Wildman–Crippen LogP) is 3.49. The van der Waals surface area contributed by atoms with Crippen LogP contribution in [0.3, 0.4) is 0 Å². The van der Waals surface area contributed by atoms with E-state index in [1.165, 1.54) is 11.8 Å². The molecule has 0 fully saturated rings. The molecule has 5 nitrogen and oxygen atoms in total. The van der Waals surface area contributed by atoms with Crippen molar-refractivity contribution < 1.29 is 14.7 Å². The van der Waals surface area contributed by atoms with Gasteiger partial charge in [-0.15, -0.1) is 0 Å². The van der Waals surface area contributed by atoms with E-state index in [0.717, 1.165) is 5.56 Å². The van der Waals surface area contributed by atoms with Crippen molar-refractivity contribution in [2.75, 3.05) is 18.9 Å².